The second kappa shape index (κ2) is 14.6. The van der Waals surface area contributed by atoms with E-state index >= 15 is 0 Å². The first kappa shape index (κ1) is 33.0. The maximum absolute atomic E-state index is 14.1. The van der Waals surface area contributed by atoms with Crippen molar-refractivity contribution in [2.75, 3.05) is 17.4 Å². The summed E-state index contributed by atoms with van der Waals surface area (Å²) < 4.78 is 28.7. The van der Waals surface area contributed by atoms with E-state index in [1.807, 2.05) is 13.8 Å². The number of carbonyl (C=O) groups excluding carboxylic acids is 2. The van der Waals surface area contributed by atoms with Gasteiger partial charge >= 0.3 is 0 Å². The monoisotopic (exact) mass is 657 g/mol. The third-order valence-electron chi connectivity index (χ3n) is 6.25. The van der Waals surface area contributed by atoms with E-state index in [2.05, 4.69) is 5.32 Å². The number of amides is 2. The van der Waals surface area contributed by atoms with E-state index in [1.54, 1.807) is 43.3 Å². The van der Waals surface area contributed by atoms with Crippen LogP contribution in [0.1, 0.15) is 32.8 Å². The van der Waals surface area contributed by atoms with E-state index < -0.39 is 28.5 Å². The zero-order chi connectivity index (χ0) is 30.3. The van der Waals surface area contributed by atoms with Gasteiger partial charge in [-0.05, 0) is 54.8 Å². The summed E-state index contributed by atoms with van der Waals surface area (Å²) in [6, 6.07) is 16.0. The van der Waals surface area contributed by atoms with Gasteiger partial charge in [0.1, 0.15) is 12.6 Å². The average Bonchev–Trinajstić information content (AvgIpc) is 2.92. The highest BCUT2D eigenvalue weighted by atomic mass is 35.5. The molecule has 7 nitrogen and oxygen atoms in total. The lowest BCUT2D eigenvalue weighted by atomic mass is 10.1. The molecule has 220 valence electrons. The average molecular weight is 659 g/mol. The summed E-state index contributed by atoms with van der Waals surface area (Å²) in [7, 11) is -4.28. The van der Waals surface area contributed by atoms with E-state index in [0.29, 0.717) is 27.2 Å². The van der Waals surface area contributed by atoms with Gasteiger partial charge in [-0.15, -0.1) is 0 Å². The van der Waals surface area contributed by atoms with Crippen molar-refractivity contribution in [3.63, 3.8) is 0 Å². The first-order chi connectivity index (χ1) is 19.4. The molecular formula is C29H31Cl4N3O4S. The summed E-state index contributed by atoms with van der Waals surface area (Å²) in [6.45, 7) is 5.29. The van der Waals surface area contributed by atoms with Crippen molar-refractivity contribution in [3.8, 4) is 0 Å². The standard InChI is InChI=1S/C29H31Cl4N3O4S/c1-4-26(29(38)34-16-19(2)3)35(17-22-23(31)11-8-12-24(22)32)28(37)18-36(27-14-13-20(30)15-25(27)33)41(39,40)21-9-6-5-7-10-21/h5-15,19,26H,4,16-18H2,1-3H3,(H,34,38)/t26-/m1/s1. The Balaban J connectivity index is 2.11. The van der Waals surface area contributed by atoms with Crippen molar-refractivity contribution in [1.29, 1.82) is 0 Å². The van der Waals surface area contributed by atoms with Gasteiger partial charge in [0, 0.05) is 33.7 Å². The molecule has 0 spiro atoms. The third kappa shape index (κ3) is 8.30. The zero-order valence-electron chi connectivity index (χ0n) is 22.8. The van der Waals surface area contributed by atoms with Gasteiger partial charge in [0.2, 0.25) is 11.8 Å². The van der Waals surface area contributed by atoms with Crippen molar-refractivity contribution in [1.82, 2.24) is 10.2 Å². The summed E-state index contributed by atoms with van der Waals surface area (Å²) in [4.78, 5) is 28.7. The maximum atomic E-state index is 14.1. The van der Waals surface area contributed by atoms with Crippen LogP contribution in [-0.2, 0) is 26.2 Å². The van der Waals surface area contributed by atoms with Gasteiger partial charge in [-0.2, -0.15) is 0 Å². The van der Waals surface area contributed by atoms with Crippen molar-refractivity contribution in [3.05, 3.63) is 92.4 Å². The Morgan fingerprint density at radius 3 is 2.07 bits per heavy atom. The molecule has 0 radical (unpaired) electrons. The van der Waals surface area contributed by atoms with Crippen LogP contribution in [0.4, 0.5) is 5.69 Å². The Morgan fingerprint density at radius 1 is 0.878 bits per heavy atom. The minimum absolute atomic E-state index is 0.0345. The highest BCUT2D eigenvalue weighted by Crippen LogP contribution is 2.33. The van der Waals surface area contributed by atoms with Crippen LogP contribution in [-0.4, -0.2) is 44.3 Å². The van der Waals surface area contributed by atoms with Crippen molar-refractivity contribution in [2.45, 2.75) is 44.7 Å². The maximum Gasteiger partial charge on any atom is 0.264 e. The summed E-state index contributed by atoms with van der Waals surface area (Å²) >= 11 is 25.4. The summed E-state index contributed by atoms with van der Waals surface area (Å²) in [5.41, 5.74) is 0.489. The molecular weight excluding hydrogens is 628 g/mol. The lowest BCUT2D eigenvalue weighted by Crippen LogP contribution is -2.52. The summed E-state index contributed by atoms with van der Waals surface area (Å²) in [6.07, 6.45) is 0.255. The van der Waals surface area contributed by atoms with E-state index in [4.69, 9.17) is 46.4 Å². The fourth-order valence-corrected chi connectivity index (χ4v) is 6.64. The molecule has 0 unspecified atom stereocenters. The van der Waals surface area contributed by atoms with Crippen LogP contribution in [0.15, 0.2) is 71.6 Å². The molecule has 0 fully saturated rings. The predicted octanol–water partition coefficient (Wildman–Crippen LogP) is 7.08. The largest absolute Gasteiger partial charge is 0.354 e. The molecule has 3 rings (SSSR count). The van der Waals surface area contributed by atoms with Crippen molar-refractivity contribution < 1.29 is 18.0 Å². The number of sulfonamides is 1. The molecule has 0 aliphatic heterocycles. The van der Waals surface area contributed by atoms with E-state index in [9.17, 15) is 18.0 Å². The molecule has 41 heavy (non-hydrogen) atoms. The molecule has 0 bridgehead atoms. The van der Waals surface area contributed by atoms with Crippen LogP contribution < -0.4 is 9.62 Å². The Labute approximate surface area is 261 Å². The number of halogens is 4. The third-order valence-corrected chi connectivity index (χ3v) is 9.27. The number of benzene rings is 3. The predicted molar refractivity (Wildman–Crippen MR) is 166 cm³/mol. The van der Waals surface area contributed by atoms with Crippen LogP contribution in [0, 0.1) is 5.92 Å². The van der Waals surface area contributed by atoms with Crippen LogP contribution >= 0.6 is 46.4 Å². The van der Waals surface area contributed by atoms with Gasteiger partial charge < -0.3 is 10.2 Å². The Kier molecular flexibility index (Phi) is 11.8. The molecule has 12 heteroatoms. The number of hydrogen-bond donors (Lipinski definition) is 1. The fourth-order valence-electron chi connectivity index (χ4n) is 4.11. The summed E-state index contributed by atoms with van der Waals surface area (Å²) in [5, 5.41) is 3.82. The van der Waals surface area contributed by atoms with Gasteiger partial charge in [0.15, 0.2) is 0 Å². The molecule has 0 heterocycles. The Morgan fingerprint density at radius 2 is 1.51 bits per heavy atom. The molecule has 3 aromatic rings. The highest BCUT2D eigenvalue weighted by molar-refractivity contribution is 7.92. The van der Waals surface area contributed by atoms with Crippen LogP contribution in [0.3, 0.4) is 0 Å². The number of nitrogens with one attached hydrogen (secondary N) is 1. The molecule has 0 aromatic heterocycles. The van der Waals surface area contributed by atoms with Gasteiger partial charge in [-0.25, -0.2) is 8.42 Å². The van der Waals surface area contributed by atoms with E-state index in [1.165, 1.54) is 35.2 Å². The van der Waals surface area contributed by atoms with Gasteiger partial charge in [0.25, 0.3) is 10.0 Å². The minimum Gasteiger partial charge on any atom is -0.354 e. The lowest BCUT2D eigenvalue weighted by molar-refractivity contribution is -0.140. The molecule has 1 atom stereocenters. The Hall–Kier alpha value is -2.49. The molecule has 0 aliphatic carbocycles. The number of nitrogens with zero attached hydrogens (tertiary/aromatic N) is 2. The van der Waals surface area contributed by atoms with Crippen molar-refractivity contribution in [2.24, 2.45) is 5.92 Å². The second-order valence-electron chi connectivity index (χ2n) is 9.71. The SMILES string of the molecule is CC[C@H](C(=O)NCC(C)C)N(Cc1c(Cl)cccc1Cl)C(=O)CN(c1ccc(Cl)cc1Cl)S(=O)(=O)c1ccccc1. The smallest absolute Gasteiger partial charge is 0.264 e. The van der Waals surface area contributed by atoms with Crippen LogP contribution in [0.25, 0.3) is 0 Å². The number of rotatable bonds is 12. The first-order valence-electron chi connectivity index (χ1n) is 12.9. The van der Waals surface area contributed by atoms with E-state index in [-0.39, 0.29) is 40.4 Å². The quantitative estimate of drug-likeness (QED) is 0.225. The van der Waals surface area contributed by atoms with Crippen LogP contribution in [0.5, 0.6) is 0 Å². The minimum atomic E-state index is -4.28. The molecule has 0 aliphatic rings. The number of anilines is 1. The number of carbonyl (C=O) groups is 2. The van der Waals surface area contributed by atoms with Gasteiger partial charge in [-0.1, -0.05) is 91.4 Å². The lowest BCUT2D eigenvalue weighted by Gasteiger charge is -2.34. The number of hydrogen-bond acceptors (Lipinski definition) is 4. The summed E-state index contributed by atoms with van der Waals surface area (Å²) in [5.74, 6) is -0.852. The Bertz CT molecular complexity index is 1470. The topological polar surface area (TPSA) is 86.8 Å². The fraction of sp³-hybridized carbons (Fsp3) is 0.310. The van der Waals surface area contributed by atoms with Crippen LogP contribution in [0.2, 0.25) is 20.1 Å². The molecule has 0 saturated carbocycles. The molecule has 1 N–H and O–H groups in total. The van der Waals surface area contributed by atoms with E-state index in [0.717, 1.165) is 4.31 Å². The second-order valence-corrected chi connectivity index (χ2v) is 13.2. The van der Waals surface area contributed by atoms with Crippen molar-refractivity contribution >= 4 is 73.9 Å². The molecule has 0 saturated heterocycles. The molecule has 3 aromatic carbocycles. The highest BCUT2D eigenvalue weighted by Gasteiger charge is 2.35. The van der Waals surface area contributed by atoms with Gasteiger partial charge in [-0.3, -0.25) is 13.9 Å². The first-order valence-corrected chi connectivity index (χ1v) is 15.8. The normalized spacial score (nSPS) is 12.2. The zero-order valence-corrected chi connectivity index (χ0v) is 26.6. The van der Waals surface area contributed by atoms with Gasteiger partial charge in [0.05, 0.1) is 15.6 Å². The molecule has 2 amide bonds.